The SMILES string of the molecule is NC(=O)C=C1CC1. The summed E-state index contributed by atoms with van der Waals surface area (Å²) >= 11 is 0. The Labute approximate surface area is 42.0 Å². The lowest BCUT2D eigenvalue weighted by Crippen LogP contribution is -2.05. The average Bonchev–Trinajstić information content (AvgIpc) is 2.17. The van der Waals surface area contributed by atoms with Gasteiger partial charge in [-0.2, -0.15) is 0 Å². The van der Waals surface area contributed by atoms with E-state index in [0.29, 0.717) is 0 Å². The van der Waals surface area contributed by atoms with Crippen molar-refractivity contribution in [3.05, 3.63) is 11.6 Å². The Morgan fingerprint density at radius 3 is 2.43 bits per heavy atom. The topological polar surface area (TPSA) is 43.1 Å². The van der Waals surface area contributed by atoms with Gasteiger partial charge < -0.3 is 5.73 Å². The molecule has 1 amide bonds. The first-order chi connectivity index (χ1) is 3.29. The van der Waals surface area contributed by atoms with Crippen molar-refractivity contribution in [2.45, 2.75) is 12.8 Å². The number of rotatable bonds is 1. The van der Waals surface area contributed by atoms with Crippen LogP contribution in [-0.4, -0.2) is 5.91 Å². The molecular formula is C5H7NO. The Hall–Kier alpha value is -0.790. The molecule has 0 spiro atoms. The summed E-state index contributed by atoms with van der Waals surface area (Å²) in [6, 6.07) is 0. The van der Waals surface area contributed by atoms with E-state index < -0.39 is 0 Å². The van der Waals surface area contributed by atoms with Crippen molar-refractivity contribution in [3.63, 3.8) is 0 Å². The molecule has 0 radical (unpaired) electrons. The van der Waals surface area contributed by atoms with Crippen LogP contribution in [-0.2, 0) is 4.79 Å². The fourth-order valence-electron chi connectivity index (χ4n) is 0.418. The third-order valence-electron chi connectivity index (χ3n) is 0.885. The molecule has 0 aliphatic heterocycles. The van der Waals surface area contributed by atoms with Crippen LogP contribution >= 0.6 is 0 Å². The summed E-state index contributed by atoms with van der Waals surface area (Å²) in [5, 5.41) is 0. The first-order valence-electron chi connectivity index (χ1n) is 2.28. The molecule has 1 aliphatic carbocycles. The van der Waals surface area contributed by atoms with Gasteiger partial charge in [0.1, 0.15) is 0 Å². The van der Waals surface area contributed by atoms with Gasteiger partial charge in [-0.15, -0.1) is 0 Å². The number of nitrogens with two attached hydrogens (primary N) is 1. The molecular weight excluding hydrogens is 90.1 g/mol. The van der Waals surface area contributed by atoms with E-state index in [-0.39, 0.29) is 5.91 Å². The van der Waals surface area contributed by atoms with E-state index in [0.717, 1.165) is 12.8 Å². The lowest BCUT2D eigenvalue weighted by molar-refractivity contribution is -0.113. The van der Waals surface area contributed by atoms with Crippen LogP contribution in [0.3, 0.4) is 0 Å². The van der Waals surface area contributed by atoms with E-state index in [1.807, 2.05) is 0 Å². The fourth-order valence-corrected chi connectivity index (χ4v) is 0.418. The summed E-state index contributed by atoms with van der Waals surface area (Å²) in [7, 11) is 0. The highest BCUT2D eigenvalue weighted by Crippen LogP contribution is 2.26. The maximum Gasteiger partial charge on any atom is 0.241 e. The Morgan fingerprint density at radius 2 is 2.29 bits per heavy atom. The predicted molar refractivity (Wildman–Crippen MR) is 26.5 cm³/mol. The van der Waals surface area contributed by atoms with Gasteiger partial charge >= 0.3 is 0 Å². The summed E-state index contributed by atoms with van der Waals surface area (Å²) in [5.41, 5.74) is 6.01. The minimum absolute atomic E-state index is 0.312. The Balaban J connectivity index is 2.45. The van der Waals surface area contributed by atoms with Crippen LogP contribution in [0.4, 0.5) is 0 Å². The monoisotopic (exact) mass is 97.1 g/mol. The minimum Gasteiger partial charge on any atom is -0.366 e. The minimum atomic E-state index is -0.312. The van der Waals surface area contributed by atoms with Crippen molar-refractivity contribution in [1.82, 2.24) is 0 Å². The van der Waals surface area contributed by atoms with Gasteiger partial charge in [-0.1, -0.05) is 5.57 Å². The second kappa shape index (κ2) is 1.37. The molecule has 0 atom stereocenters. The second-order valence-corrected chi connectivity index (χ2v) is 1.70. The third kappa shape index (κ3) is 1.39. The third-order valence-corrected chi connectivity index (χ3v) is 0.885. The molecule has 1 rings (SSSR count). The maximum absolute atomic E-state index is 10.00. The summed E-state index contributed by atoms with van der Waals surface area (Å²) in [4.78, 5) is 10.00. The van der Waals surface area contributed by atoms with Crippen molar-refractivity contribution in [2.75, 3.05) is 0 Å². The molecule has 2 heteroatoms. The van der Waals surface area contributed by atoms with E-state index in [2.05, 4.69) is 0 Å². The van der Waals surface area contributed by atoms with Crippen molar-refractivity contribution in [2.24, 2.45) is 5.73 Å². The number of hydrogen-bond donors (Lipinski definition) is 1. The van der Waals surface area contributed by atoms with Gasteiger partial charge in [0.15, 0.2) is 0 Å². The van der Waals surface area contributed by atoms with E-state index in [1.165, 1.54) is 11.6 Å². The van der Waals surface area contributed by atoms with Crippen molar-refractivity contribution < 1.29 is 4.79 Å². The Kier molecular flexibility index (Phi) is 0.855. The van der Waals surface area contributed by atoms with Gasteiger partial charge in [-0.3, -0.25) is 4.79 Å². The summed E-state index contributed by atoms with van der Waals surface area (Å²) in [5.74, 6) is -0.312. The quantitative estimate of drug-likeness (QED) is 0.466. The highest BCUT2D eigenvalue weighted by atomic mass is 16.1. The number of amides is 1. The van der Waals surface area contributed by atoms with Crippen LogP contribution in [0.25, 0.3) is 0 Å². The maximum atomic E-state index is 10.00. The van der Waals surface area contributed by atoms with Crippen molar-refractivity contribution in [1.29, 1.82) is 0 Å². The Morgan fingerprint density at radius 1 is 1.71 bits per heavy atom. The average molecular weight is 97.1 g/mol. The first kappa shape index (κ1) is 4.37. The summed E-state index contributed by atoms with van der Waals surface area (Å²) in [6.45, 7) is 0. The van der Waals surface area contributed by atoms with Crippen LogP contribution in [0.5, 0.6) is 0 Å². The molecule has 0 saturated heterocycles. The van der Waals surface area contributed by atoms with E-state index in [9.17, 15) is 4.79 Å². The molecule has 1 saturated carbocycles. The first-order valence-corrected chi connectivity index (χ1v) is 2.28. The molecule has 0 unspecified atom stereocenters. The van der Waals surface area contributed by atoms with Gasteiger partial charge in [0.05, 0.1) is 0 Å². The van der Waals surface area contributed by atoms with Crippen LogP contribution < -0.4 is 5.73 Å². The van der Waals surface area contributed by atoms with Crippen molar-refractivity contribution >= 4 is 5.91 Å². The summed E-state index contributed by atoms with van der Waals surface area (Å²) < 4.78 is 0. The lowest BCUT2D eigenvalue weighted by atomic mass is 10.5. The van der Waals surface area contributed by atoms with Crippen molar-refractivity contribution in [3.8, 4) is 0 Å². The molecule has 7 heavy (non-hydrogen) atoms. The molecule has 0 aromatic carbocycles. The van der Waals surface area contributed by atoms with E-state index in [4.69, 9.17) is 5.73 Å². The van der Waals surface area contributed by atoms with Crippen LogP contribution in [0.2, 0.25) is 0 Å². The number of primary amides is 1. The van der Waals surface area contributed by atoms with Crippen LogP contribution in [0.15, 0.2) is 11.6 Å². The lowest BCUT2D eigenvalue weighted by Gasteiger charge is -1.71. The molecule has 0 bridgehead atoms. The number of allylic oxidation sites excluding steroid dienone is 1. The summed E-state index contributed by atoms with van der Waals surface area (Å²) in [6.07, 6.45) is 3.64. The van der Waals surface area contributed by atoms with Crippen LogP contribution in [0, 0.1) is 0 Å². The van der Waals surface area contributed by atoms with Gasteiger partial charge in [-0.05, 0) is 12.8 Å². The fraction of sp³-hybridized carbons (Fsp3) is 0.400. The van der Waals surface area contributed by atoms with Gasteiger partial charge in [0.25, 0.3) is 0 Å². The standard InChI is InChI=1S/C5H7NO/c6-5(7)3-4-1-2-4/h3H,1-2H2,(H2,6,7). The number of hydrogen-bond acceptors (Lipinski definition) is 1. The van der Waals surface area contributed by atoms with E-state index in [1.54, 1.807) is 0 Å². The normalized spacial score (nSPS) is 16.3. The van der Waals surface area contributed by atoms with E-state index >= 15 is 0 Å². The molecule has 2 N–H and O–H groups in total. The molecule has 0 aromatic heterocycles. The molecule has 0 heterocycles. The van der Waals surface area contributed by atoms with Gasteiger partial charge in [-0.25, -0.2) is 0 Å². The molecule has 38 valence electrons. The second-order valence-electron chi connectivity index (χ2n) is 1.70. The zero-order chi connectivity index (χ0) is 5.28. The number of carbonyl (C=O) groups is 1. The van der Waals surface area contributed by atoms with Gasteiger partial charge in [0, 0.05) is 6.08 Å². The molecule has 0 aromatic rings. The smallest absolute Gasteiger partial charge is 0.241 e. The van der Waals surface area contributed by atoms with Crippen LogP contribution in [0.1, 0.15) is 12.8 Å². The zero-order valence-electron chi connectivity index (χ0n) is 3.98. The largest absolute Gasteiger partial charge is 0.366 e. The highest BCUT2D eigenvalue weighted by Gasteiger charge is 2.10. The molecule has 1 fully saturated rings. The number of carbonyl (C=O) groups excluding carboxylic acids is 1. The molecule has 1 aliphatic rings. The van der Waals surface area contributed by atoms with Gasteiger partial charge in [0.2, 0.25) is 5.91 Å². The zero-order valence-corrected chi connectivity index (χ0v) is 3.98. The highest BCUT2D eigenvalue weighted by molar-refractivity contribution is 5.87. The predicted octanol–water partition coefficient (Wildman–Crippen LogP) is 0.192. The Bertz CT molecular complexity index is 120. The molecule has 2 nitrogen and oxygen atoms in total.